The predicted molar refractivity (Wildman–Crippen MR) is 469 cm³/mol. The Morgan fingerprint density at radius 2 is 0.590 bits per heavy atom. The van der Waals surface area contributed by atoms with E-state index in [0.717, 1.165) is 56.9 Å². The van der Waals surface area contributed by atoms with Gasteiger partial charge in [-0.3, -0.25) is 0 Å². The minimum Gasteiger partial charge on any atom is -0.456 e. The zero-order chi connectivity index (χ0) is 78.0. The summed E-state index contributed by atoms with van der Waals surface area (Å²) < 4.78 is 56.9. The predicted octanol–water partition coefficient (Wildman–Crippen LogP) is 20.0. The van der Waals surface area contributed by atoms with Gasteiger partial charge in [0.25, 0.3) is 11.5 Å². The maximum Gasteiger partial charge on any atom is 0.343 e. The van der Waals surface area contributed by atoms with Crippen molar-refractivity contribution in [3.05, 3.63) is 355 Å². The van der Waals surface area contributed by atoms with Gasteiger partial charge in [-0.25, -0.2) is 4.57 Å². The molecule has 3 spiro atoms. The van der Waals surface area contributed by atoms with E-state index in [1.54, 1.807) is 0 Å². The van der Waals surface area contributed by atoms with Crippen LogP contribution in [0.4, 0.5) is 0 Å². The van der Waals surface area contributed by atoms with Gasteiger partial charge in [0.15, 0.2) is 44.1 Å². The van der Waals surface area contributed by atoms with Crippen molar-refractivity contribution in [2.24, 2.45) is 7.05 Å². The fourth-order valence-corrected chi connectivity index (χ4v) is 26.1. The van der Waals surface area contributed by atoms with Crippen LogP contribution in [-0.4, -0.2) is 26.6 Å². The molecule has 122 heavy (non-hydrogen) atoms. The molecule has 0 saturated heterocycles. The largest absolute Gasteiger partial charge is 0.456 e. The zero-order valence-electron chi connectivity index (χ0n) is 64.6. The smallest absolute Gasteiger partial charge is 0.343 e. The van der Waals surface area contributed by atoms with Crippen molar-refractivity contribution in [1.82, 2.24) is 26.6 Å². The van der Waals surface area contributed by atoms with Gasteiger partial charge < -0.3 is 18.6 Å². The fraction of sp³-hybridized carbons (Fsp3) is 0.0377. The van der Waals surface area contributed by atoms with Crippen LogP contribution in [0.5, 0.6) is 34.5 Å². The van der Waals surface area contributed by atoms with Gasteiger partial charge in [0, 0.05) is 59.9 Å². The molecule has 27 aromatic rings. The number of fused-ring (bicyclic) bond motifs is 31. The second kappa shape index (κ2) is 19.2. The molecule has 0 N–H and O–H groups in total. The summed E-state index contributed by atoms with van der Waals surface area (Å²) in [6.45, 7) is 0. The molecule has 0 aliphatic carbocycles. The van der Waals surface area contributed by atoms with E-state index in [1.165, 1.54) is 214 Å². The number of benzene rings is 15. The highest BCUT2D eigenvalue weighted by Gasteiger charge is 2.71. The van der Waals surface area contributed by atoms with E-state index in [9.17, 15) is 0 Å². The summed E-state index contributed by atoms with van der Waals surface area (Å²) >= 11 is 0. The zero-order valence-corrected chi connectivity index (χ0v) is 64.6. The molecule has 36 rings (SSSR count). The molecule has 0 bridgehead atoms. The number of aryl methyl sites for hydroxylation is 1. The lowest BCUT2D eigenvalue weighted by Crippen LogP contribution is -2.71. The summed E-state index contributed by atoms with van der Waals surface area (Å²) in [5.41, 5.74) is 30.3. The Bertz CT molecular complexity index is 10100. The molecular formula is C106H56N12O4+6. The van der Waals surface area contributed by atoms with E-state index < -0.39 is 17.0 Å². The summed E-state index contributed by atoms with van der Waals surface area (Å²) in [5, 5.41) is 18.8. The molecule has 3 atom stereocenters. The fourth-order valence-electron chi connectivity index (χ4n) is 26.1. The average molecular weight is 1560 g/mol. The van der Waals surface area contributed by atoms with Crippen LogP contribution in [0.3, 0.4) is 0 Å². The van der Waals surface area contributed by atoms with E-state index in [1.807, 2.05) is 6.26 Å². The monoisotopic (exact) mass is 1560 g/mol. The quantitative estimate of drug-likeness (QED) is 0.112. The van der Waals surface area contributed by atoms with Crippen LogP contribution in [0, 0.1) is 0 Å². The maximum atomic E-state index is 6.91. The highest BCUT2D eigenvalue weighted by molar-refractivity contribution is 6.23. The summed E-state index contributed by atoms with van der Waals surface area (Å²) in [6, 6.07) is 110. The van der Waals surface area contributed by atoms with E-state index in [4.69, 9.17) is 18.6 Å². The summed E-state index contributed by atoms with van der Waals surface area (Å²) in [6.07, 6.45) is 6.36. The van der Waals surface area contributed by atoms with Crippen molar-refractivity contribution in [1.29, 1.82) is 0 Å². The molecule has 0 radical (unpaired) electrons. The summed E-state index contributed by atoms with van der Waals surface area (Å²) in [4.78, 5) is 0. The number of nitrogens with zero attached hydrogens (tertiary/aromatic N) is 12. The first kappa shape index (κ1) is 60.1. The van der Waals surface area contributed by atoms with Crippen molar-refractivity contribution in [3.8, 4) is 45.9 Å². The minimum absolute atomic E-state index is 0.593. The average Bonchev–Trinajstić information content (AvgIpc) is 1.47. The Morgan fingerprint density at radius 3 is 1.05 bits per heavy atom. The third-order valence-corrected chi connectivity index (χ3v) is 29.8. The first-order valence-corrected chi connectivity index (χ1v) is 42.0. The number of pyridine rings is 5. The van der Waals surface area contributed by atoms with Gasteiger partial charge in [0.1, 0.15) is 108 Å². The molecule has 0 fully saturated rings. The normalized spacial score (nSPS) is 17.7. The van der Waals surface area contributed by atoms with Gasteiger partial charge in [0.05, 0.1) is 45.8 Å². The Balaban J connectivity index is 0.0000000845. The van der Waals surface area contributed by atoms with Crippen LogP contribution >= 0.6 is 0 Å². The molecule has 558 valence electrons. The molecule has 12 aromatic heterocycles. The highest BCUT2D eigenvalue weighted by Crippen LogP contribution is 2.64. The lowest BCUT2D eigenvalue weighted by atomic mass is 9.85. The molecule has 9 aliphatic heterocycles. The second-order valence-corrected chi connectivity index (χ2v) is 34.5. The third kappa shape index (κ3) is 5.82. The van der Waals surface area contributed by atoms with Gasteiger partial charge in [-0.15, -0.1) is 0 Å². The number of aromatic nitrogens is 12. The van der Waals surface area contributed by atoms with Gasteiger partial charge in [-0.05, 0) is 152 Å². The molecule has 15 aromatic carbocycles. The Kier molecular flexibility index (Phi) is 9.46. The minimum atomic E-state index is -0.702. The third-order valence-electron chi connectivity index (χ3n) is 29.8. The number of rotatable bonds is 0. The molecule has 21 heterocycles. The van der Waals surface area contributed by atoms with Crippen LogP contribution in [0.1, 0.15) is 33.4 Å². The van der Waals surface area contributed by atoms with Crippen molar-refractivity contribution in [2.45, 2.75) is 17.0 Å². The van der Waals surface area contributed by atoms with Crippen molar-refractivity contribution >= 4 is 192 Å². The number of para-hydroxylation sites is 13. The van der Waals surface area contributed by atoms with Gasteiger partial charge in [0.2, 0.25) is 5.52 Å². The van der Waals surface area contributed by atoms with Crippen molar-refractivity contribution in [2.75, 3.05) is 0 Å². The first-order valence-electron chi connectivity index (χ1n) is 42.0. The lowest BCUT2D eigenvalue weighted by Gasteiger charge is -2.30. The number of furan rings is 1. The van der Waals surface area contributed by atoms with Gasteiger partial charge >= 0.3 is 45.3 Å². The molecule has 16 nitrogen and oxygen atoms in total. The van der Waals surface area contributed by atoms with Gasteiger partial charge in [-0.2, -0.15) is 49.4 Å². The molecular weight excluding hydrogens is 1510 g/mol. The lowest BCUT2D eigenvalue weighted by molar-refractivity contribution is -0.934. The number of ether oxygens (including phenoxy) is 3. The molecule has 16 heteroatoms. The number of hydrogen-bond donors (Lipinski definition) is 0. The van der Waals surface area contributed by atoms with Crippen LogP contribution in [0.15, 0.2) is 326 Å². The van der Waals surface area contributed by atoms with Gasteiger partial charge in [-0.1, -0.05) is 146 Å². The van der Waals surface area contributed by atoms with Crippen LogP contribution in [0.2, 0.25) is 0 Å². The van der Waals surface area contributed by atoms with Crippen molar-refractivity contribution in [3.63, 3.8) is 0 Å². The Hall–Kier alpha value is -16.5. The molecule has 3 unspecified atom stereocenters. The summed E-state index contributed by atoms with van der Waals surface area (Å²) in [7, 11) is 2.19. The Morgan fingerprint density at radius 1 is 0.254 bits per heavy atom. The van der Waals surface area contributed by atoms with Crippen LogP contribution in [-0.2, 0) is 24.0 Å². The van der Waals surface area contributed by atoms with E-state index in [-0.39, 0.29) is 0 Å². The Labute approximate surface area is 685 Å². The first-order chi connectivity index (χ1) is 60.5. The van der Waals surface area contributed by atoms with Crippen LogP contribution in [0.25, 0.3) is 203 Å². The van der Waals surface area contributed by atoms with E-state index in [0.29, 0.717) is 0 Å². The number of imidazole rings is 6. The SMILES string of the molecule is Cn1c2[n+](c3ccccc31)C13c4c(cccc4-2)Oc2ccc4c5ccccc5n5c6ccccc6[n+]1c5c4c23.c1ccc2c(c1)c1ccc3c4c1c1n2c2ccccc2[n+]1C41c2c(ccc4c5ccccc5n5c6occc6[n+]1c5c24)O3.c1ccc2c(c1)c1ccc3c4c1c1n2cc[n+]1C41c2c(ccc4c5ccccc5n5c6ccccc6[n+]1c5c24)O3. The van der Waals surface area contributed by atoms with E-state index in [2.05, 4.69) is 377 Å². The van der Waals surface area contributed by atoms with E-state index >= 15 is 0 Å². The maximum absolute atomic E-state index is 6.91. The number of hydrogen-bond acceptors (Lipinski definition) is 4. The second-order valence-electron chi connectivity index (χ2n) is 34.5. The molecule has 0 saturated carbocycles. The highest BCUT2D eigenvalue weighted by atomic mass is 16.5. The topological polar surface area (TPSA) is 91.1 Å². The summed E-state index contributed by atoms with van der Waals surface area (Å²) in [5.74, 6) is 6.76. The standard InChI is InChI=1S/C37H18N4O2.C35H18N4O.C34H20N4O/c1-3-9-23-19(7-1)21-13-15-28-32-30(21)34-38(23)25-11-5-6-12-26(25)40(34)37(32)33-29(43-28)16-14-22-20-8-2-4-10-24(20)39-35(31(22)33)41(37)27-17-18-42-36(27)39;1-3-9-23-19(7-1)21-13-15-27-31-29(21)33-36(23)17-18-37(33)35(31)32-28(40-27)16-14-22-20-8-2-4-10-24(20)38-25-11-5-6-12-26(25)39(35)34(38)30(22)32;1-35-23-12-4-6-14-25(23)37-32(35)21-10-8-16-27-30(21)34(37)31-28(39-27)18-17-20-19-9-2-3-11-22(19)36-24-13-5-7-15-26(24)38(34)33(36)29(20)31/h1-18H;1-18H;2-18H,1H3/q3*+2. The van der Waals surface area contributed by atoms with Crippen molar-refractivity contribution < 1.29 is 46.0 Å². The molecule has 9 aliphatic rings. The molecule has 0 amide bonds. The van der Waals surface area contributed by atoms with Crippen LogP contribution < -0.4 is 41.6 Å².